The fourth-order valence-corrected chi connectivity index (χ4v) is 5.72. The summed E-state index contributed by atoms with van der Waals surface area (Å²) >= 11 is 6.59. The monoisotopic (exact) mass is 442 g/mol. The van der Waals surface area contributed by atoms with Crippen molar-refractivity contribution in [1.82, 2.24) is 14.3 Å². The number of anilines is 1. The van der Waals surface area contributed by atoms with Crippen molar-refractivity contribution in [1.29, 1.82) is 0 Å². The van der Waals surface area contributed by atoms with E-state index in [1.165, 1.54) is 11.8 Å². The van der Waals surface area contributed by atoms with Crippen molar-refractivity contribution < 1.29 is 4.79 Å². The predicted molar refractivity (Wildman–Crippen MR) is 127 cm³/mol. The molecule has 2 aliphatic heterocycles. The standard InChI is InChI=1S/C22H26N4O2S2/c1-5-25-21(28)17(30-22(25)29)9-16-19(24-10-14(3)8-15(4)11-24)23-18-7-6-13(2)12-26(18)20(16)27/h6-7,9,12,14-15H,5,8,10-11H2,1-4H3. The van der Waals surface area contributed by atoms with Crippen molar-refractivity contribution in [2.45, 2.75) is 34.1 Å². The zero-order valence-electron chi connectivity index (χ0n) is 17.7. The van der Waals surface area contributed by atoms with Gasteiger partial charge in [-0.3, -0.25) is 18.9 Å². The van der Waals surface area contributed by atoms with E-state index in [4.69, 9.17) is 17.2 Å². The Bertz CT molecular complexity index is 1110. The molecule has 4 rings (SSSR count). The zero-order valence-corrected chi connectivity index (χ0v) is 19.3. The van der Waals surface area contributed by atoms with Gasteiger partial charge in [0, 0.05) is 25.8 Å². The highest BCUT2D eigenvalue weighted by Crippen LogP contribution is 2.34. The topological polar surface area (TPSA) is 57.9 Å². The number of likely N-dealkylation sites (N-methyl/N-ethyl adjacent to an activating group) is 1. The maximum Gasteiger partial charge on any atom is 0.267 e. The average molecular weight is 443 g/mol. The normalized spacial score (nSPS) is 23.8. The predicted octanol–water partition coefficient (Wildman–Crippen LogP) is 3.71. The molecule has 8 heteroatoms. The number of carbonyl (C=O) groups excluding carboxylic acids is 1. The SMILES string of the molecule is CCN1C(=O)C(=Cc2c(N3CC(C)CC(C)C3)nc3ccc(C)cn3c2=O)SC1=S. The molecule has 4 heterocycles. The lowest BCUT2D eigenvalue weighted by molar-refractivity contribution is -0.121. The third kappa shape index (κ3) is 3.78. The van der Waals surface area contributed by atoms with Gasteiger partial charge in [0.1, 0.15) is 15.8 Å². The van der Waals surface area contributed by atoms with E-state index in [9.17, 15) is 9.59 Å². The van der Waals surface area contributed by atoms with Crippen molar-refractivity contribution in [2.24, 2.45) is 11.8 Å². The van der Waals surface area contributed by atoms with E-state index < -0.39 is 0 Å². The summed E-state index contributed by atoms with van der Waals surface area (Å²) in [5.74, 6) is 1.54. The molecule has 0 aromatic carbocycles. The summed E-state index contributed by atoms with van der Waals surface area (Å²) in [6.07, 6.45) is 4.65. The number of aromatic nitrogens is 2. The van der Waals surface area contributed by atoms with Crippen LogP contribution in [0.15, 0.2) is 28.0 Å². The average Bonchev–Trinajstić information content (AvgIpc) is 2.96. The first kappa shape index (κ1) is 21.1. The molecule has 0 aliphatic carbocycles. The molecule has 2 aliphatic rings. The van der Waals surface area contributed by atoms with E-state index in [0.717, 1.165) is 25.1 Å². The third-order valence-corrected chi connectivity index (χ3v) is 7.00. The summed E-state index contributed by atoms with van der Waals surface area (Å²) < 4.78 is 2.10. The van der Waals surface area contributed by atoms with Crippen molar-refractivity contribution in [3.05, 3.63) is 44.7 Å². The Morgan fingerprint density at radius 2 is 1.93 bits per heavy atom. The highest BCUT2D eigenvalue weighted by atomic mass is 32.2. The van der Waals surface area contributed by atoms with Crippen LogP contribution in [0.25, 0.3) is 11.7 Å². The fraction of sp³-hybridized carbons (Fsp3) is 0.455. The first-order valence-corrected chi connectivity index (χ1v) is 11.5. The second-order valence-corrected chi connectivity index (χ2v) is 10.0. The van der Waals surface area contributed by atoms with Crippen LogP contribution in [0.4, 0.5) is 5.82 Å². The fourth-order valence-electron chi connectivity index (χ4n) is 4.35. The van der Waals surface area contributed by atoms with Crippen LogP contribution in [0.5, 0.6) is 0 Å². The number of nitrogens with zero attached hydrogens (tertiary/aromatic N) is 4. The van der Waals surface area contributed by atoms with Gasteiger partial charge in [0.15, 0.2) is 0 Å². The molecule has 0 spiro atoms. The van der Waals surface area contributed by atoms with Crippen molar-refractivity contribution in [2.75, 3.05) is 24.5 Å². The van der Waals surface area contributed by atoms with Crippen LogP contribution >= 0.6 is 24.0 Å². The van der Waals surface area contributed by atoms with Crippen LogP contribution in [-0.4, -0.2) is 44.1 Å². The Balaban J connectivity index is 1.91. The van der Waals surface area contributed by atoms with E-state index in [2.05, 4.69) is 18.7 Å². The lowest BCUT2D eigenvalue weighted by atomic mass is 9.91. The van der Waals surface area contributed by atoms with Crippen LogP contribution in [0.2, 0.25) is 0 Å². The van der Waals surface area contributed by atoms with Gasteiger partial charge in [0.2, 0.25) is 0 Å². The van der Waals surface area contributed by atoms with E-state index >= 15 is 0 Å². The quantitative estimate of drug-likeness (QED) is 0.534. The molecule has 2 saturated heterocycles. The van der Waals surface area contributed by atoms with E-state index in [1.807, 2.05) is 26.0 Å². The molecule has 158 valence electrons. The van der Waals surface area contributed by atoms with Crippen molar-refractivity contribution in [3.63, 3.8) is 0 Å². The molecule has 0 saturated carbocycles. The highest BCUT2D eigenvalue weighted by Gasteiger charge is 2.32. The summed E-state index contributed by atoms with van der Waals surface area (Å²) in [6, 6.07) is 3.83. The van der Waals surface area contributed by atoms with Crippen molar-refractivity contribution in [3.8, 4) is 0 Å². The molecule has 2 aromatic heterocycles. The summed E-state index contributed by atoms with van der Waals surface area (Å²) in [7, 11) is 0. The number of thioether (sulfide) groups is 1. The van der Waals surface area contributed by atoms with Gasteiger partial charge >= 0.3 is 0 Å². The largest absolute Gasteiger partial charge is 0.355 e. The van der Waals surface area contributed by atoms with Gasteiger partial charge in [-0.15, -0.1) is 0 Å². The number of piperidine rings is 1. The molecule has 30 heavy (non-hydrogen) atoms. The van der Waals surface area contributed by atoms with Crippen LogP contribution in [0.1, 0.15) is 38.3 Å². The molecule has 0 N–H and O–H groups in total. The number of fused-ring (bicyclic) bond motifs is 1. The number of hydrogen-bond donors (Lipinski definition) is 0. The van der Waals surface area contributed by atoms with Crippen molar-refractivity contribution >= 4 is 51.7 Å². The van der Waals surface area contributed by atoms with Crippen LogP contribution < -0.4 is 10.5 Å². The molecular weight excluding hydrogens is 416 g/mol. The second-order valence-electron chi connectivity index (χ2n) is 8.37. The third-order valence-electron chi connectivity index (χ3n) is 5.62. The Morgan fingerprint density at radius 3 is 2.57 bits per heavy atom. The van der Waals surface area contributed by atoms with Gasteiger partial charge < -0.3 is 4.90 Å². The van der Waals surface area contributed by atoms with E-state index in [0.29, 0.717) is 44.6 Å². The highest BCUT2D eigenvalue weighted by molar-refractivity contribution is 8.26. The number of hydrogen-bond acceptors (Lipinski definition) is 6. The molecule has 0 radical (unpaired) electrons. The smallest absolute Gasteiger partial charge is 0.267 e. The van der Waals surface area contributed by atoms with Gasteiger partial charge in [-0.25, -0.2) is 4.98 Å². The number of pyridine rings is 1. The van der Waals surface area contributed by atoms with Gasteiger partial charge in [-0.1, -0.05) is 43.9 Å². The summed E-state index contributed by atoms with van der Waals surface area (Å²) in [5.41, 5.74) is 1.88. The number of carbonyl (C=O) groups is 1. The second kappa shape index (κ2) is 8.15. The van der Waals surface area contributed by atoms with E-state index in [-0.39, 0.29) is 11.5 Å². The Hall–Kier alpha value is -2.19. The molecule has 1 amide bonds. The minimum absolute atomic E-state index is 0.146. The number of aryl methyl sites for hydroxylation is 1. The number of amides is 1. The molecule has 2 unspecified atom stereocenters. The van der Waals surface area contributed by atoms with Crippen LogP contribution in [0, 0.1) is 18.8 Å². The minimum Gasteiger partial charge on any atom is -0.355 e. The maximum atomic E-state index is 13.5. The molecule has 2 aromatic rings. The maximum absolute atomic E-state index is 13.5. The molecule has 2 fully saturated rings. The summed E-state index contributed by atoms with van der Waals surface area (Å²) in [5, 5.41) is 0. The molecule has 2 atom stereocenters. The first-order chi connectivity index (χ1) is 14.3. The van der Waals surface area contributed by atoms with Crippen LogP contribution in [-0.2, 0) is 4.79 Å². The molecule has 6 nitrogen and oxygen atoms in total. The summed E-state index contributed by atoms with van der Waals surface area (Å²) in [4.78, 5) is 35.4. The Labute approximate surface area is 186 Å². The lowest BCUT2D eigenvalue weighted by Crippen LogP contribution is -2.40. The van der Waals surface area contributed by atoms with Gasteiger partial charge in [0.05, 0.1) is 10.5 Å². The number of thiocarbonyl (C=S) groups is 1. The van der Waals surface area contributed by atoms with Crippen LogP contribution in [0.3, 0.4) is 0 Å². The zero-order chi connectivity index (χ0) is 21.6. The number of rotatable bonds is 3. The van der Waals surface area contributed by atoms with Gasteiger partial charge in [0.25, 0.3) is 11.5 Å². The first-order valence-electron chi connectivity index (χ1n) is 10.3. The lowest BCUT2D eigenvalue weighted by Gasteiger charge is -2.36. The van der Waals surface area contributed by atoms with E-state index in [1.54, 1.807) is 21.6 Å². The minimum atomic E-state index is -0.161. The summed E-state index contributed by atoms with van der Waals surface area (Å²) in [6.45, 7) is 10.5. The molecule has 0 bridgehead atoms. The Morgan fingerprint density at radius 1 is 1.23 bits per heavy atom. The Kier molecular flexibility index (Phi) is 5.72. The van der Waals surface area contributed by atoms with Gasteiger partial charge in [-0.05, 0) is 49.8 Å². The van der Waals surface area contributed by atoms with Gasteiger partial charge in [-0.2, -0.15) is 0 Å². The molecular formula is C22H26N4O2S2.